The van der Waals surface area contributed by atoms with Gasteiger partial charge in [-0.15, -0.1) is 11.8 Å². The van der Waals surface area contributed by atoms with E-state index in [1.165, 1.54) is 28.8 Å². The van der Waals surface area contributed by atoms with Crippen LogP contribution in [-0.2, 0) is 16.1 Å². The van der Waals surface area contributed by atoms with Gasteiger partial charge in [-0.3, -0.25) is 14.5 Å². The second-order valence-corrected chi connectivity index (χ2v) is 10.8. The normalized spacial score (nSPS) is 27.3. The van der Waals surface area contributed by atoms with E-state index in [1.54, 1.807) is 11.0 Å². The first kappa shape index (κ1) is 24.1. The van der Waals surface area contributed by atoms with Gasteiger partial charge in [0.15, 0.2) is 0 Å². The predicted octanol–water partition coefficient (Wildman–Crippen LogP) is 4.57. The molecule has 2 unspecified atom stereocenters. The van der Waals surface area contributed by atoms with Crippen LogP contribution in [0.15, 0.2) is 29.7 Å². The number of nitrogens with one attached hydrogen (secondary N) is 1. The van der Waals surface area contributed by atoms with Crippen molar-refractivity contribution in [3.63, 3.8) is 0 Å². The van der Waals surface area contributed by atoms with Gasteiger partial charge in [-0.05, 0) is 63.0 Å². The van der Waals surface area contributed by atoms with E-state index < -0.39 is 23.1 Å². The Kier molecular flexibility index (Phi) is 7.34. The van der Waals surface area contributed by atoms with Gasteiger partial charge >= 0.3 is 6.03 Å². The van der Waals surface area contributed by atoms with E-state index in [0.717, 1.165) is 25.7 Å². The molecule has 1 saturated heterocycles. The number of halogens is 2. The molecule has 178 valence electrons. The lowest BCUT2D eigenvalue weighted by Gasteiger charge is -2.43. The predicted molar refractivity (Wildman–Crippen MR) is 127 cm³/mol. The van der Waals surface area contributed by atoms with Crippen LogP contribution in [0.3, 0.4) is 0 Å². The molecule has 33 heavy (non-hydrogen) atoms. The lowest BCUT2D eigenvalue weighted by Crippen LogP contribution is -2.62. The SMILES string of the molecule is CC(C)NC(=O)C1CCC(CN2C(=O)C3SC=CC3N(Cc3c(F)cccc3Cl)C2=O)CC1. The van der Waals surface area contributed by atoms with Crippen molar-refractivity contribution in [1.82, 2.24) is 15.1 Å². The summed E-state index contributed by atoms with van der Waals surface area (Å²) in [5, 5.41) is 4.63. The van der Waals surface area contributed by atoms with Crippen LogP contribution in [0.1, 0.15) is 45.1 Å². The number of amides is 4. The minimum atomic E-state index is -0.470. The first-order chi connectivity index (χ1) is 15.8. The van der Waals surface area contributed by atoms with Gasteiger partial charge in [0, 0.05) is 29.1 Å². The second-order valence-electron chi connectivity index (χ2n) is 9.32. The maximum Gasteiger partial charge on any atom is 0.327 e. The zero-order valence-corrected chi connectivity index (χ0v) is 20.4. The van der Waals surface area contributed by atoms with Crippen LogP contribution in [0.2, 0.25) is 5.02 Å². The van der Waals surface area contributed by atoms with Crippen LogP contribution in [0.5, 0.6) is 0 Å². The summed E-state index contributed by atoms with van der Waals surface area (Å²) in [5.41, 5.74) is 0.252. The molecule has 1 aromatic carbocycles. The van der Waals surface area contributed by atoms with E-state index in [2.05, 4.69) is 5.32 Å². The van der Waals surface area contributed by atoms with Gasteiger partial charge in [-0.1, -0.05) is 23.7 Å². The largest absolute Gasteiger partial charge is 0.354 e. The highest BCUT2D eigenvalue weighted by atomic mass is 35.5. The number of nitrogens with zero attached hydrogens (tertiary/aromatic N) is 2. The van der Waals surface area contributed by atoms with Gasteiger partial charge in [0.25, 0.3) is 0 Å². The summed E-state index contributed by atoms with van der Waals surface area (Å²) in [5.74, 6) is -0.456. The van der Waals surface area contributed by atoms with Crippen molar-refractivity contribution in [2.75, 3.05) is 6.54 Å². The van der Waals surface area contributed by atoms with E-state index in [4.69, 9.17) is 11.6 Å². The molecule has 4 rings (SSSR count). The summed E-state index contributed by atoms with van der Waals surface area (Å²) in [6.45, 7) is 4.21. The third-order valence-electron chi connectivity index (χ3n) is 6.64. The highest BCUT2D eigenvalue weighted by molar-refractivity contribution is 8.03. The van der Waals surface area contributed by atoms with E-state index in [0.29, 0.717) is 6.54 Å². The Balaban J connectivity index is 1.46. The molecule has 6 nitrogen and oxygen atoms in total. The molecule has 1 aromatic rings. The Hall–Kier alpha value is -2.06. The minimum Gasteiger partial charge on any atom is -0.354 e. The number of thioether (sulfide) groups is 1. The van der Waals surface area contributed by atoms with Crippen molar-refractivity contribution >= 4 is 41.2 Å². The zero-order valence-electron chi connectivity index (χ0n) is 18.8. The van der Waals surface area contributed by atoms with Crippen molar-refractivity contribution in [2.45, 2.75) is 63.4 Å². The van der Waals surface area contributed by atoms with Gasteiger partial charge in [-0.25, -0.2) is 9.18 Å². The molecule has 1 saturated carbocycles. The molecule has 1 N–H and O–H groups in total. The molecule has 2 fully saturated rings. The number of carbonyl (C=O) groups excluding carboxylic acids is 3. The number of fused-ring (bicyclic) bond motifs is 1. The zero-order chi connectivity index (χ0) is 23.7. The third kappa shape index (κ3) is 5.06. The van der Waals surface area contributed by atoms with Crippen molar-refractivity contribution in [2.24, 2.45) is 11.8 Å². The summed E-state index contributed by atoms with van der Waals surface area (Å²) >= 11 is 7.61. The molecule has 2 heterocycles. The maximum atomic E-state index is 14.4. The number of hydrogen-bond acceptors (Lipinski definition) is 4. The van der Waals surface area contributed by atoms with Gasteiger partial charge in [0.2, 0.25) is 11.8 Å². The Morgan fingerprint density at radius 2 is 1.97 bits per heavy atom. The first-order valence-electron chi connectivity index (χ1n) is 11.4. The second kappa shape index (κ2) is 10.1. The molecule has 0 bridgehead atoms. The Morgan fingerprint density at radius 3 is 2.64 bits per heavy atom. The molecule has 0 aromatic heterocycles. The standard InChI is InChI=1S/C24H29ClFN3O3S/c1-14(2)27-22(30)16-8-6-15(7-9-16)12-29-23(31)21-20(10-11-33-21)28(24(29)32)13-17-18(25)4-3-5-19(17)26/h3-5,10-11,14-16,20-21H,6-9,12-13H2,1-2H3,(H,27,30). The minimum absolute atomic E-state index is 0.00228. The van der Waals surface area contributed by atoms with E-state index in [9.17, 15) is 18.8 Å². The highest BCUT2D eigenvalue weighted by Gasteiger charge is 2.48. The Bertz CT molecular complexity index is 944. The Labute approximate surface area is 202 Å². The molecule has 1 aliphatic carbocycles. The number of hydrogen-bond donors (Lipinski definition) is 1. The molecule has 4 amide bonds. The number of carbonyl (C=O) groups is 3. The summed E-state index contributed by atoms with van der Waals surface area (Å²) in [4.78, 5) is 41.8. The molecular weight excluding hydrogens is 465 g/mol. The topological polar surface area (TPSA) is 69.7 Å². The van der Waals surface area contributed by atoms with Gasteiger partial charge in [0.05, 0.1) is 12.6 Å². The molecule has 3 aliphatic rings. The smallest absolute Gasteiger partial charge is 0.327 e. The van der Waals surface area contributed by atoms with E-state index >= 15 is 0 Å². The fraction of sp³-hybridized carbons (Fsp3) is 0.542. The van der Waals surface area contributed by atoms with Crippen molar-refractivity contribution in [1.29, 1.82) is 0 Å². The van der Waals surface area contributed by atoms with E-state index in [1.807, 2.05) is 25.3 Å². The molecule has 9 heteroatoms. The maximum absolute atomic E-state index is 14.4. The summed E-state index contributed by atoms with van der Waals surface area (Å²) < 4.78 is 14.4. The lowest BCUT2D eigenvalue weighted by molar-refractivity contribution is -0.132. The van der Waals surface area contributed by atoms with Crippen LogP contribution in [0.4, 0.5) is 9.18 Å². The average Bonchev–Trinajstić information content (AvgIpc) is 3.26. The van der Waals surface area contributed by atoms with Crippen molar-refractivity contribution in [3.8, 4) is 0 Å². The van der Waals surface area contributed by atoms with Crippen LogP contribution in [-0.4, -0.2) is 51.5 Å². The van der Waals surface area contributed by atoms with Crippen LogP contribution in [0, 0.1) is 17.7 Å². The van der Waals surface area contributed by atoms with E-state index in [-0.39, 0.29) is 46.8 Å². The number of benzene rings is 1. The van der Waals surface area contributed by atoms with Crippen molar-refractivity contribution < 1.29 is 18.8 Å². The fourth-order valence-corrected chi connectivity index (χ4v) is 6.14. The molecule has 0 spiro atoms. The first-order valence-corrected chi connectivity index (χ1v) is 12.8. The van der Waals surface area contributed by atoms with Crippen molar-refractivity contribution in [3.05, 3.63) is 46.1 Å². The van der Waals surface area contributed by atoms with Crippen LogP contribution >= 0.6 is 23.4 Å². The van der Waals surface area contributed by atoms with Gasteiger partial charge in [-0.2, -0.15) is 0 Å². The molecule has 2 atom stereocenters. The number of imide groups is 1. The fourth-order valence-electron chi connectivity index (χ4n) is 4.86. The van der Waals surface area contributed by atoms with Gasteiger partial charge in [0.1, 0.15) is 11.1 Å². The number of rotatable bonds is 6. The monoisotopic (exact) mass is 493 g/mol. The third-order valence-corrected chi connectivity index (χ3v) is 8.08. The molecule has 0 radical (unpaired) electrons. The molecular formula is C24H29ClFN3O3S. The Morgan fingerprint density at radius 1 is 1.24 bits per heavy atom. The summed E-state index contributed by atoms with van der Waals surface area (Å²) in [6, 6.07) is 3.73. The number of urea groups is 1. The van der Waals surface area contributed by atoms with Crippen LogP contribution in [0.25, 0.3) is 0 Å². The van der Waals surface area contributed by atoms with Gasteiger partial charge < -0.3 is 10.2 Å². The summed E-state index contributed by atoms with van der Waals surface area (Å²) in [7, 11) is 0. The highest BCUT2D eigenvalue weighted by Crippen LogP contribution is 2.38. The average molecular weight is 494 g/mol. The summed E-state index contributed by atoms with van der Waals surface area (Å²) in [6.07, 6.45) is 4.89. The van der Waals surface area contributed by atoms with Crippen LogP contribution < -0.4 is 5.32 Å². The lowest BCUT2D eigenvalue weighted by atomic mass is 9.81. The quantitative estimate of drug-likeness (QED) is 0.630. The molecule has 2 aliphatic heterocycles.